The molecule has 0 saturated heterocycles. The van der Waals surface area contributed by atoms with Crippen molar-refractivity contribution in [2.24, 2.45) is 0 Å². The van der Waals surface area contributed by atoms with E-state index < -0.39 is 0 Å². The molecular formula is C20H20N6S2. The Morgan fingerprint density at radius 3 is 1.50 bits per heavy atom. The van der Waals surface area contributed by atoms with Crippen molar-refractivity contribution in [3.8, 4) is 0 Å². The summed E-state index contributed by atoms with van der Waals surface area (Å²) in [6, 6.07) is 15.8. The molecule has 0 aliphatic rings. The van der Waals surface area contributed by atoms with Gasteiger partial charge in [-0.25, -0.2) is 9.97 Å². The SMILES string of the molecule is c1ccc2nc(NCCSSCCNc3cnc4ccccc4n3)cnc2c1. The fraction of sp³-hybridized carbons (Fsp3) is 0.200. The zero-order valence-corrected chi connectivity index (χ0v) is 16.8. The van der Waals surface area contributed by atoms with Crippen molar-refractivity contribution in [3.63, 3.8) is 0 Å². The molecule has 2 aromatic heterocycles. The van der Waals surface area contributed by atoms with Gasteiger partial charge in [-0.1, -0.05) is 45.9 Å². The smallest absolute Gasteiger partial charge is 0.145 e. The van der Waals surface area contributed by atoms with Gasteiger partial charge < -0.3 is 10.6 Å². The monoisotopic (exact) mass is 408 g/mol. The highest BCUT2D eigenvalue weighted by Crippen LogP contribution is 2.21. The number of hydrogen-bond acceptors (Lipinski definition) is 8. The number of hydrogen-bond donors (Lipinski definition) is 2. The van der Waals surface area contributed by atoms with Crippen LogP contribution in [0.4, 0.5) is 11.6 Å². The third-order valence-electron chi connectivity index (χ3n) is 3.96. The van der Waals surface area contributed by atoms with Crippen molar-refractivity contribution < 1.29 is 0 Å². The maximum Gasteiger partial charge on any atom is 0.145 e. The molecule has 0 spiro atoms. The average Bonchev–Trinajstić information content (AvgIpc) is 2.75. The third-order valence-corrected chi connectivity index (χ3v) is 6.37. The normalized spacial score (nSPS) is 11.0. The molecule has 28 heavy (non-hydrogen) atoms. The Kier molecular flexibility index (Phi) is 6.41. The van der Waals surface area contributed by atoms with Crippen molar-refractivity contribution in [3.05, 3.63) is 60.9 Å². The summed E-state index contributed by atoms with van der Waals surface area (Å²) in [6.45, 7) is 1.71. The van der Waals surface area contributed by atoms with Gasteiger partial charge in [0.2, 0.25) is 0 Å². The minimum absolute atomic E-state index is 0.820. The molecule has 8 heteroatoms. The largest absolute Gasteiger partial charge is 0.368 e. The lowest BCUT2D eigenvalue weighted by atomic mass is 10.3. The van der Waals surface area contributed by atoms with Gasteiger partial charge in [-0.2, -0.15) is 0 Å². The fourth-order valence-electron chi connectivity index (χ4n) is 2.64. The minimum Gasteiger partial charge on any atom is -0.368 e. The molecule has 6 nitrogen and oxygen atoms in total. The highest BCUT2D eigenvalue weighted by atomic mass is 33.1. The number of aromatic nitrogens is 4. The predicted octanol–water partition coefficient (Wildman–Crippen LogP) is 4.48. The quantitative estimate of drug-likeness (QED) is 0.310. The van der Waals surface area contributed by atoms with Crippen molar-refractivity contribution in [1.82, 2.24) is 19.9 Å². The zero-order chi connectivity index (χ0) is 19.0. The number of benzene rings is 2. The van der Waals surface area contributed by atoms with Gasteiger partial charge in [-0.15, -0.1) is 0 Å². The Bertz CT molecular complexity index is 973. The number of anilines is 2. The summed E-state index contributed by atoms with van der Waals surface area (Å²) < 4.78 is 0. The van der Waals surface area contributed by atoms with Crippen LogP contribution in [0.2, 0.25) is 0 Å². The lowest BCUT2D eigenvalue weighted by Crippen LogP contribution is -2.07. The molecule has 2 aromatic carbocycles. The van der Waals surface area contributed by atoms with E-state index in [1.807, 2.05) is 70.1 Å². The average molecular weight is 409 g/mol. The molecule has 0 radical (unpaired) electrons. The van der Waals surface area contributed by atoms with E-state index in [-0.39, 0.29) is 0 Å². The summed E-state index contributed by atoms with van der Waals surface area (Å²) in [4.78, 5) is 18.0. The summed E-state index contributed by atoms with van der Waals surface area (Å²) in [5.74, 6) is 3.63. The van der Waals surface area contributed by atoms with E-state index >= 15 is 0 Å². The van der Waals surface area contributed by atoms with E-state index in [0.717, 1.165) is 58.3 Å². The molecule has 0 amide bonds. The summed E-state index contributed by atoms with van der Waals surface area (Å²) in [5, 5.41) is 6.66. The summed E-state index contributed by atoms with van der Waals surface area (Å²) in [6.07, 6.45) is 3.57. The van der Waals surface area contributed by atoms with Crippen molar-refractivity contribution in [1.29, 1.82) is 0 Å². The number of rotatable bonds is 9. The third kappa shape index (κ3) is 5.02. The number of nitrogens with one attached hydrogen (secondary N) is 2. The lowest BCUT2D eigenvalue weighted by molar-refractivity contribution is 1.16. The van der Waals surface area contributed by atoms with Crippen LogP contribution in [0.15, 0.2) is 60.9 Å². The predicted molar refractivity (Wildman–Crippen MR) is 121 cm³/mol. The maximum atomic E-state index is 4.57. The second-order valence-corrected chi connectivity index (χ2v) is 8.69. The van der Waals surface area contributed by atoms with E-state index in [1.165, 1.54) is 0 Å². The highest BCUT2D eigenvalue weighted by molar-refractivity contribution is 8.76. The first-order valence-electron chi connectivity index (χ1n) is 9.04. The Morgan fingerprint density at radius 2 is 1.04 bits per heavy atom. The van der Waals surface area contributed by atoms with Crippen molar-refractivity contribution in [2.45, 2.75) is 0 Å². The molecule has 0 atom stereocenters. The molecule has 4 rings (SSSR count). The molecule has 0 aliphatic heterocycles. The molecule has 0 fully saturated rings. The van der Waals surface area contributed by atoms with E-state index in [9.17, 15) is 0 Å². The van der Waals surface area contributed by atoms with Gasteiger partial charge in [-0.05, 0) is 24.3 Å². The van der Waals surface area contributed by atoms with Crippen LogP contribution in [0.3, 0.4) is 0 Å². The highest BCUT2D eigenvalue weighted by Gasteiger charge is 2.00. The van der Waals surface area contributed by atoms with E-state index in [0.29, 0.717) is 0 Å². The summed E-state index contributed by atoms with van der Waals surface area (Å²) in [7, 11) is 3.69. The Balaban J connectivity index is 1.12. The molecule has 0 unspecified atom stereocenters. The number of fused-ring (bicyclic) bond motifs is 2. The molecular weight excluding hydrogens is 388 g/mol. The molecule has 4 aromatic rings. The summed E-state index contributed by atoms with van der Waals surface area (Å²) in [5.41, 5.74) is 3.66. The van der Waals surface area contributed by atoms with Gasteiger partial charge >= 0.3 is 0 Å². The van der Waals surface area contributed by atoms with Crippen LogP contribution in [0, 0.1) is 0 Å². The van der Waals surface area contributed by atoms with Gasteiger partial charge in [0.15, 0.2) is 0 Å². The Morgan fingerprint density at radius 1 is 0.607 bits per heavy atom. The van der Waals surface area contributed by atoms with E-state index in [4.69, 9.17) is 0 Å². The molecule has 2 N–H and O–H groups in total. The van der Waals surface area contributed by atoms with Crippen LogP contribution in [-0.2, 0) is 0 Å². The van der Waals surface area contributed by atoms with Gasteiger partial charge in [-0.3, -0.25) is 9.97 Å². The van der Waals surface area contributed by atoms with Crippen LogP contribution >= 0.6 is 21.6 Å². The first-order chi connectivity index (χ1) is 13.9. The molecule has 0 saturated carbocycles. The van der Waals surface area contributed by atoms with Crippen molar-refractivity contribution in [2.75, 3.05) is 35.2 Å². The molecule has 142 valence electrons. The van der Waals surface area contributed by atoms with Crippen LogP contribution in [0.5, 0.6) is 0 Å². The standard InChI is InChI=1S/C20H20N6S2/c1-3-7-17-15(5-1)23-13-19(25-17)21-9-11-27-28-12-10-22-20-14-24-16-6-2-4-8-18(16)26-20/h1-8,13-14H,9-12H2,(H,21,25)(H,22,26). The minimum atomic E-state index is 0.820. The van der Waals surface area contributed by atoms with Gasteiger partial charge in [0.1, 0.15) is 11.6 Å². The first kappa shape index (κ1) is 18.8. The van der Waals surface area contributed by atoms with Gasteiger partial charge in [0.05, 0.1) is 34.5 Å². The van der Waals surface area contributed by atoms with Crippen LogP contribution in [0.25, 0.3) is 22.1 Å². The van der Waals surface area contributed by atoms with E-state index in [2.05, 4.69) is 30.6 Å². The lowest BCUT2D eigenvalue weighted by Gasteiger charge is -2.07. The maximum absolute atomic E-state index is 4.57. The first-order valence-corrected chi connectivity index (χ1v) is 11.5. The van der Waals surface area contributed by atoms with Gasteiger partial charge in [0.25, 0.3) is 0 Å². The van der Waals surface area contributed by atoms with E-state index in [1.54, 1.807) is 12.4 Å². The number of nitrogens with zero attached hydrogens (tertiary/aromatic N) is 4. The number of para-hydroxylation sites is 4. The van der Waals surface area contributed by atoms with Gasteiger partial charge in [0, 0.05) is 24.6 Å². The zero-order valence-electron chi connectivity index (χ0n) is 15.2. The second-order valence-electron chi connectivity index (χ2n) is 5.99. The Labute approximate surface area is 171 Å². The second kappa shape index (κ2) is 9.57. The van der Waals surface area contributed by atoms with Crippen molar-refractivity contribution >= 4 is 55.3 Å². The molecule has 2 heterocycles. The van der Waals surface area contributed by atoms with Crippen LogP contribution in [-0.4, -0.2) is 44.5 Å². The Hall–Kier alpha value is -2.58. The summed E-state index contributed by atoms with van der Waals surface area (Å²) >= 11 is 0. The van der Waals surface area contributed by atoms with Crippen LogP contribution < -0.4 is 10.6 Å². The molecule has 0 bridgehead atoms. The topological polar surface area (TPSA) is 75.6 Å². The molecule has 0 aliphatic carbocycles. The fourth-order valence-corrected chi connectivity index (χ4v) is 4.46. The van der Waals surface area contributed by atoms with Crippen LogP contribution in [0.1, 0.15) is 0 Å².